The number of nitrogens with zero attached hydrogens (tertiary/aromatic N) is 3. The number of hydrogen-bond donors (Lipinski definition) is 2. The minimum atomic E-state index is -3.63. The van der Waals surface area contributed by atoms with Crippen molar-refractivity contribution in [3.05, 3.63) is 60.7 Å². The van der Waals surface area contributed by atoms with Gasteiger partial charge in [-0.05, 0) is 42.3 Å². The molecular weight excluding hydrogens is 352 g/mol. The van der Waals surface area contributed by atoms with E-state index >= 15 is 0 Å². The molecule has 0 aliphatic heterocycles. The number of aromatic hydroxyl groups is 1. The molecule has 0 radical (unpaired) electrons. The maximum absolute atomic E-state index is 12.6. The van der Waals surface area contributed by atoms with Crippen molar-refractivity contribution in [1.82, 2.24) is 19.5 Å². The van der Waals surface area contributed by atoms with Crippen LogP contribution in [-0.4, -0.2) is 34.8 Å². The van der Waals surface area contributed by atoms with Gasteiger partial charge in [0, 0.05) is 19.5 Å². The lowest BCUT2D eigenvalue weighted by molar-refractivity contribution is 0.475. The van der Waals surface area contributed by atoms with E-state index in [4.69, 9.17) is 0 Å². The molecule has 1 aromatic heterocycles. The van der Waals surface area contributed by atoms with Crippen LogP contribution in [0.25, 0.3) is 11.1 Å². The lowest BCUT2D eigenvalue weighted by Crippen LogP contribution is -2.26. The Morgan fingerprint density at radius 3 is 2.62 bits per heavy atom. The van der Waals surface area contributed by atoms with Gasteiger partial charge < -0.3 is 9.67 Å². The van der Waals surface area contributed by atoms with Crippen LogP contribution in [-0.2, 0) is 23.0 Å². The molecule has 1 heterocycles. The smallest absolute Gasteiger partial charge is 0.240 e. The minimum absolute atomic E-state index is 0.166. The first-order valence-electron chi connectivity index (χ1n) is 8.25. The van der Waals surface area contributed by atoms with Crippen molar-refractivity contribution in [2.45, 2.75) is 24.8 Å². The van der Waals surface area contributed by atoms with Crippen LogP contribution in [0, 0.1) is 0 Å². The molecule has 3 rings (SSSR count). The van der Waals surface area contributed by atoms with Crippen LogP contribution in [0.5, 0.6) is 5.75 Å². The molecule has 26 heavy (non-hydrogen) atoms. The topological polar surface area (TPSA) is 97.1 Å². The van der Waals surface area contributed by atoms with Gasteiger partial charge in [-0.2, -0.15) is 0 Å². The Kier molecular flexibility index (Phi) is 5.34. The van der Waals surface area contributed by atoms with Gasteiger partial charge in [-0.25, -0.2) is 13.1 Å². The number of benzene rings is 2. The highest BCUT2D eigenvalue weighted by Crippen LogP contribution is 2.24. The molecule has 0 aliphatic rings. The first-order chi connectivity index (χ1) is 12.5. The summed E-state index contributed by atoms with van der Waals surface area (Å²) in [6.07, 6.45) is 2.09. The summed E-state index contributed by atoms with van der Waals surface area (Å²) in [6, 6.07) is 13.3. The number of nitrogens with one attached hydrogen (secondary N) is 1. The first kappa shape index (κ1) is 18.1. The number of phenols is 1. The van der Waals surface area contributed by atoms with Crippen molar-refractivity contribution in [3.8, 4) is 16.9 Å². The molecule has 0 spiro atoms. The summed E-state index contributed by atoms with van der Waals surface area (Å²) in [5, 5.41) is 17.2. The van der Waals surface area contributed by atoms with Crippen LogP contribution in [0.4, 0.5) is 0 Å². The fraction of sp³-hybridized carbons (Fsp3) is 0.222. The van der Waals surface area contributed by atoms with Crippen LogP contribution in [0.1, 0.15) is 12.7 Å². The summed E-state index contributed by atoms with van der Waals surface area (Å²) in [6.45, 7) is 2.96. The van der Waals surface area contributed by atoms with Gasteiger partial charge in [-0.15, -0.1) is 10.2 Å². The number of aromatic nitrogens is 3. The third kappa shape index (κ3) is 4.09. The Balaban J connectivity index is 1.73. The van der Waals surface area contributed by atoms with Crippen LogP contribution in [0.15, 0.2) is 59.8 Å². The van der Waals surface area contributed by atoms with Crippen molar-refractivity contribution in [3.63, 3.8) is 0 Å². The highest BCUT2D eigenvalue weighted by atomic mass is 32.2. The van der Waals surface area contributed by atoms with Gasteiger partial charge in [0.15, 0.2) is 0 Å². The second-order valence-corrected chi connectivity index (χ2v) is 7.52. The Hall–Kier alpha value is -2.71. The SMILES string of the molecule is CCn1cnnc1CCNS(=O)(=O)c1cccc(-c2ccc(O)cc2)c1. The van der Waals surface area contributed by atoms with Crippen molar-refractivity contribution in [2.75, 3.05) is 6.54 Å². The molecule has 0 saturated carbocycles. The molecule has 7 nitrogen and oxygen atoms in total. The van der Waals surface area contributed by atoms with Gasteiger partial charge in [0.1, 0.15) is 17.9 Å². The summed E-state index contributed by atoms with van der Waals surface area (Å²) >= 11 is 0. The average Bonchev–Trinajstić information content (AvgIpc) is 3.10. The van der Waals surface area contributed by atoms with E-state index < -0.39 is 10.0 Å². The van der Waals surface area contributed by atoms with E-state index in [0.29, 0.717) is 6.42 Å². The second kappa shape index (κ2) is 7.67. The van der Waals surface area contributed by atoms with Crippen LogP contribution < -0.4 is 4.72 Å². The van der Waals surface area contributed by atoms with E-state index in [2.05, 4.69) is 14.9 Å². The summed E-state index contributed by atoms with van der Waals surface area (Å²) in [4.78, 5) is 0.194. The van der Waals surface area contributed by atoms with E-state index in [-0.39, 0.29) is 17.2 Å². The number of hydrogen-bond acceptors (Lipinski definition) is 5. The molecular formula is C18H20N4O3S. The van der Waals surface area contributed by atoms with E-state index in [9.17, 15) is 13.5 Å². The molecule has 3 aromatic rings. The average molecular weight is 372 g/mol. The van der Waals surface area contributed by atoms with E-state index in [1.54, 1.807) is 48.8 Å². The Morgan fingerprint density at radius 1 is 1.12 bits per heavy atom. The molecule has 0 aliphatic carbocycles. The normalized spacial score (nSPS) is 11.6. The Labute approximate surface area is 152 Å². The van der Waals surface area contributed by atoms with Gasteiger partial charge in [0.25, 0.3) is 0 Å². The van der Waals surface area contributed by atoms with Gasteiger partial charge in [-0.3, -0.25) is 0 Å². The zero-order valence-electron chi connectivity index (χ0n) is 14.3. The van der Waals surface area contributed by atoms with Gasteiger partial charge in [0.2, 0.25) is 10.0 Å². The monoisotopic (exact) mass is 372 g/mol. The van der Waals surface area contributed by atoms with Crippen LogP contribution in [0.2, 0.25) is 0 Å². The summed E-state index contributed by atoms with van der Waals surface area (Å²) in [7, 11) is -3.63. The number of phenolic OH excluding ortho intramolecular Hbond substituents is 1. The summed E-state index contributed by atoms with van der Waals surface area (Å²) in [5.74, 6) is 0.909. The molecule has 8 heteroatoms. The largest absolute Gasteiger partial charge is 0.508 e. The lowest BCUT2D eigenvalue weighted by Gasteiger charge is -2.09. The van der Waals surface area contributed by atoms with E-state index in [1.165, 1.54) is 0 Å². The van der Waals surface area contributed by atoms with Gasteiger partial charge in [0.05, 0.1) is 4.90 Å². The molecule has 0 atom stereocenters. The molecule has 0 unspecified atom stereocenters. The molecule has 0 fully saturated rings. The maximum Gasteiger partial charge on any atom is 0.240 e. The molecule has 136 valence electrons. The third-order valence-corrected chi connectivity index (χ3v) is 5.48. The Morgan fingerprint density at radius 2 is 1.88 bits per heavy atom. The standard InChI is InChI=1S/C18H20N4O3S/c1-2-22-13-19-21-18(22)10-11-20-26(24,25)17-5-3-4-15(12-17)14-6-8-16(23)9-7-14/h3-9,12-13,20,23H,2,10-11H2,1H3. The fourth-order valence-electron chi connectivity index (χ4n) is 2.61. The predicted octanol–water partition coefficient (Wildman–Crippen LogP) is 2.19. The predicted molar refractivity (Wildman–Crippen MR) is 98.1 cm³/mol. The van der Waals surface area contributed by atoms with Gasteiger partial charge >= 0.3 is 0 Å². The molecule has 0 saturated heterocycles. The maximum atomic E-state index is 12.6. The quantitative estimate of drug-likeness (QED) is 0.663. The molecule has 2 N–H and O–H groups in total. The highest BCUT2D eigenvalue weighted by molar-refractivity contribution is 7.89. The summed E-state index contributed by atoms with van der Waals surface area (Å²) in [5.41, 5.74) is 1.59. The highest BCUT2D eigenvalue weighted by Gasteiger charge is 2.15. The molecule has 0 amide bonds. The molecule has 2 aromatic carbocycles. The van der Waals surface area contributed by atoms with E-state index in [1.807, 2.05) is 17.6 Å². The fourth-order valence-corrected chi connectivity index (χ4v) is 3.69. The second-order valence-electron chi connectivity index (χ2n) is 5.76. The zero-order valence-corrected chi connectivity index (χ0v) is 15.1. The van der Waals surface area contributed by atoms with E-state index in [0.717, 1.165) is 23.5 Å². The van der Waals surface area contributed by atoms with Crippen molar-refractivity contribution < 1.29 is 13.5 Å². The van der Waals surface area contributed by atoms with Gasteiger partial charge in [-0.1, -0.05) is 24.3 Å². The number of aryl methyl sites for hydroxylation is 1. The van der Waals surface area contributed by atoms with Crippen molar-refractivity contribution in [2.24, 2.45) is 0 Å². The van der Waals surface area contributed by atoms with Crippen molar-refractivity contribution >= 4 is 10.0 Å². The lowest BCUT2D eigenvalue weighted by atomic mass is 10.1. The summed E-state index contributed by atoms with van der Waals surface area (Å²) < 4.78 is 29.6. The van der Waals surface area contributed by atoms with Crippen LogP contribution >= 0.6 is 0 Å². The first-order valence-corrected chi connectivity index (χ1v) is 9.74. The Bertz CT molecular complexity index is 982. The van der Waals surface area contributed by atoms with Crippen LogP contribution in [0.3, 0.4) is 0 Å². The van der Waals surface area contributed by atoms with Crippen molar-refractivity contribution in [1.29, 1.82) is 0 Å². The number of rotatable bonds is 7. The number of sulfonamides is 1. The molecule has 0 bridgehead atoms. The minimum Gasteiger partial charge on any atom is -0.508 e. The third-order valence-electron chi connectivity index (χ3n) is 4.02. The zero-order chi connectivity index (χ0) is 18.6.